The lowest BCUT2D eigenvalue weighted by atomic mass is 10.3. The van der Waals surface area contributed by atoms with Crippen molar-refractivity contribution in [2.24, 2.45) is 5.92 Å². The molecule has 0 atom stereocenters. The van der Waals surface area contributed by atoms with Crippen molar-refractivity contribution in [1.82, 2.24) is 20.1 Å². The second-order valence-corrected chi connectivity index (χ2v) is 6.09. The minimum absolute atomic E-state index is 0.206. The van der Waals surface area contributed by atoms with E-state index in [4.69, 9.17) is 16.3 Å². The molecule has 2 aromatic rings. The van der Waals surface area contributed by atoms with Crippen molar-refractivity contribution in [1.29, 1.82) is 0 Å². The van der Waals surface area contributed by atoms with Crippen molar-refractivity contribution >= 4 is 29.3 Å². The Morgan fingerprint density at radius 2 is 2.28 bits per heavy atom. The lowest BCUT2D eigenvalue weighted by Gasteiger charge is -2.21. The molecule has 2 aromatic heterocycles. The number of hydrogen-bond donors (Lipinski definition) is 1. The van der Waals surface area contributed by atoms with Gasteiger partial charge in [-0.15, -0.1) is 0 Å². The zero-order valence-corrected chi connectivity index (χ0v) is 14.4. The standard InChI is InChI=1S/C16H18ClN5O3/c1-18-16(24)25-10-14(23)21(8-11-4-5-11)13-9-22(20-15(13)17)12-3-2-6-19-7-12/h2-3,6-7,9,11H,4-5,8,10H2,1H3,(H,18,24). The third kappa shape index (κ3) is 4.27. The highest BCUT2D eigenvalue weighted by Gasteiger charge is 2.30. The van der Waals surface area contributed by atoms with Crippen LogP contribution in [-0.2, 0) is 9.53 Å². The fraction of sp³-hybridized carbons (Fsp3) is 0.375. The highest BCUT2D eigenvalue weighted by atomic mass is 35.5. The largest absolute Gasteiger partial charge is 0.439 e. The molecule has 0 bridgehead atoms. The van der Waals surface area contributed by atoms with Gasteiger partial charge in [-0.1, -0.05) is 11.6 Å². The second-order valence-electron chi connectivity index (χ2n) is 5.73. The number of aromatic nitrogens is 3. The smallest absolute Gasteiger partial charge is 0.407 e. The molecule has 0 aromatic carbocycles. The number of nitrogens with one attached hydrogen (secondary N) is 1. The van der Waals surface area contributed by atoms with Crippen LogP contribution in [0.2, 0.25) is 5.15 Å². The maximum absolute atomic E-state index is 12.5. The van der Waals surface area contributed by atoms with Crippen LogP contribution in [-0.4, -0.2) is 47.0 Å². The second kappa shape index (κ2) is 7.52. The average molecular weight is 364 g/mol. The molecule has 2 amide bonds. The fourth-order valence-electron chi connectivity index (χ4n) is 2.32. The number of anilines is 1. The first kappa shape index (κ1) is 17.2. The molecule has 3 rings (SSSR count). The summed E-state index contributed by atoms with van der Waals surface area (Å²) >= 11 is 6.26. The Morgan fingerprint density at radius 3 is 2.92 bits per heavy atom. The van der Waals surface area contributed by atoms with Crippen LogP contribution in [0.4, 0.5) is 10.5 Å². The van der Waals surface area contributed by atoms with E-state index in [2.05, 4.69) is 15.4 Å². The molecule has 1 N–H and O–H groups in total. The summed E-state index contributed by atoms with van der Waals surface area (Å²) in [5.41, 5.74) is 1.22. The van der Waals surface area contributed by atoms with Gasteiger partial charge in [0.2, 0.25) is 0 Å². The zero-order valence-electron chi connectivity index (χ0n) is 13.7. The molecule has 0 spiro atoms. The Labute approximate surface area is 149 Å². The molecule has 9 heteroatoms. The number of pyridine rings is 1. The maximum Gasteiger partial charge on any atom is 0.407 e. The molecule has 0 aliphatic heterocycles. The third-order valence-corrected chi connectivity index (χ3v) is 4.09. The van der Waals surface area contributed by atoms with Crippen LogP contribution in [0.5, 0.6) is 0 Å². The summed E-state index contributed by atoms with van der Waals surface area (Å²) in [6.07, 6.45) is 6.46. The predicted molar refractivity (Wildman–Crippen MR) is 91.9 cm³/mol. The van der Waals surface area contributed by atoms with Gasteiger partial charge < -0.3 is 15.0 Å². The lowest BCUT2D eigenvalue weighted by Crippen LogP contribution is -2.37. The minimum Gasteiger partial charge on any atom is -0.439 e. The number of carbonyl (C=O) groups is 2. The summed E-state index contributed by atoms with van der Waals surface area (Å²) in [5.74, 6) is 0.0879. The van der Waals surface area contributed by atoms with Gasteiger partial charge >= 0.3 is 6.09 Å². The van der Waals surface area contributed by atoms with E-state index in [0.29, 0.717) is 18.2 Å². The average Bonchev–Trinajstić information content (AvgIpc) is 3.38. The Kier molecular flexibility index (Phi) is 5.18. The number of amides is 2. The monoisotopic (exact) mass is 363 g/mol. The Morgan fingerprint density at radius 1 is 1.48 bits per heavy atom. The molecular weight excluding hydrogens is 346 g/mol. The van der Waals surface area contributed by atoms with Crippen molar-refractivity contribution in [3.05, 3.63) is 35.9 Å². The van der Waals surface area contributed by atoms with Gasteiger partial charge in [0.1, 0.15) is 5.69 Å². The van der Waals surface area contributed by atoms with Crippen molar-refractivity contribution in [2.75, 3.05) is 25.1 Å². The van der Waals surface area contributed by atoms with Crippen molar-refractivity contribution < 1.29 is 14.3 Å². The zero-order chi connectivity index (χ0) is 17.8. The Bertz CT molecular complexity index is 760. The van der Waals surface area contributed by atoms with Crippen LogP contribution in [0.25, 0.3) is 5.69 Å². The predicted octanol–water partition coefficient (Wildman–Crippen LogP) is 2.02. The van der Waals surface area contributed by atoms with Gasteiger partial charge in [0.05, 0.1) is 18.1 Å². The summed E-state index contributed by atoms with van der Waals surface area (Å²) in [4.78, 5) is 29.3. The van der Waals surface area contributed by atoms with Crippen LogP contribution >= 0.6 is 11.6 Å². The van der Waals surface area contributed by atoms with Gasteiger partial charge in [0.15, 0.2) is 11.8 Å². The summed E-state index contributed by atoms with van der Waals surface area (Å²) in [6, 6.07) is 3.62. The molecule has 0 unspecified atom stereocenters. The number of hydrogen-bond acceptors (Lipinski definition) is 5. The molecule has 1 saturated carbocycles. The van der Waals surface area contributed by atoms with E-state index in [-0.39, 0.29) is 17.7 Å². The quantitative estimate of drug-likeness (QED) is 0.848. The first-order valence-corrected chi connectivity index (χ1v) is 8.26. The molecule has 0 saturated heterocycles. The van der Waals surface area contributed by atoms with Crippen molar-refractivity contribution in [3.63, 3.8) is 0 Å². The van der Waals surface area contributed by atoms with Crippen molar-refractivity contribution in [2.45, 2.75) is 12.8 Å². The van der Waals surface area contributed by atoms with Gasteiger partial charge in [-0.25, -0.2) is 9.48 Å². The summed E-state index contributed by atoms with van der Waals surface area (Å²) in [5, 5.41) is 6.77. The summed E-state index contributed by atoms with van der Waals surface area (Å²) in [7, 11) is 1.43. The molecule has 8 nitrogen and oxygen atoms in total. The maximum atomic E-state index is 12.5. The normalized spacial score (nSPS) is 13.4. The van der Waals surface area contributed by atoms with Gasteiger partial charge in [-0.3, -0.25) is 9.78 Å². The number of carbonyl (C=O) groups excluding carboxylic acids is 2. The number of rotatable bonds is 6. The number of alkyl carbamates (subject to hydrolysis) is 1. The van der Waals surface area contributed by atoms with Crippen LogP contribution in [0, 0.1) is 5.92 Å². The molecule has 2 heterocycles. The number of halogens is 1. The summed E-state index contributed by atoms with van der Waals surface area (Å²) < 4.78 is 6.43. The highest BCUT2D eigenvalue weighted by molar-refractivity contribution is 6.32. The number of nitrogens with zero attached hydrogens (tertiary/aromatic N) is 4. The van der Waals surface area contributed by atoms with Gasteiger partial charge in [0, 0.05) is 19.8 Å². The van der Waals surface area contributed by atoms with Gasteiger partial charge in [-0.05, 0) is 30.9 Å². The van der Waals surface area contributed by atoms with E-state index in [1.807, 2.05) is 6.07 Å². The van der Waals surface area contributed by atoms with E-state index in [0.717, 1.165) is 18.5 Å². The first-order valence-electron chi connectivity index (χ1n) is 7.89. The topological polar surface area (TPSA) is 89.4 Å². The van der Waals surface area contributed by atoms with E-state index in [9.17, 15) is 9.59 Å². The van der Waals surface area contributed by atoms with E-state index in [1.165, 1.54) is 11.9 Å². The fourth-order valence-corrected chi connectivity index (χ4v) is 2.55. The van der Waals surface area contributed by atoms with Gasteiger partial charge in [-0.2, -0.15) is 5.10 Å². The molecule has 132 valence electrons. The van der Waals surface area contributed by atoms with Crippen LogP contribution in [0.3, 0.4) is 0 Å². The SMILES string of the molecule is CNC(=O)OCC(=O)N(CC1CC1)c1cn(-c2cccnc2)nc1Cl. The molecule has 0 radical (unpaired) electrons. The van der Waals surface area contributed by atoms with E-state index in [1.54, 1.807) is 29.3 Å². The summed E-state index contributed by atoms with van der Waals surface area (Å²) in [6.45, 7) is 0.162. The third-order valence-electron chi connectivity index (χ3n) is 3.82. The molecule has 25 heavy (non-hydrogen) atoms. The van der Waals surface area contributed by atoms with Crippen LogP contribution < -0.4 is 10.2 Å². The van der Waals surface area contributed by atoms with E-state index < -0.39 is 6.09 Å². The lowest BCUT2D eigenvalue weighted by molar-refractivity contribution is -0.121. The Hall–Kier alpha value is -2.61. The Balaban J connectivity index is 1.82. The minimum atomic E-state index is -0.656. The van der Waals surface area contributed by atoms with Gasteiger partial charge in [0.25, 0.3) is 5.91 Å². The molecule has 1 fully saturated rings. The van der Waals surface area contributed by atoms with Crippen LogP contribution in [0.1, 0.15) is 12.8 Å². The van der Waals surface area contributed by atoms with Crippen LogP contribution in [0.15, 0.2) is 30.7 Å². The highest BCUT2D eigenvalue weighted by Crippen LogP contribution is 2.34. The molecule has 1 aliphatic rings. The van der Waals surface area contributed by atoms with E-state index >= 15 is 0 Å². The molecule has 1 aliphatic carbocycles. The molecular formula is C16H18ClN5O3. The number of ether oxygens (including phenoxy) is 1. The van der Waals surface area contributed by atoms with Crippen molar-refractivity contribution in [3.8, 4) is 5.69 Å². The first-order chi connectivity index (χ1) is 12.1.